The van der Waals surface area contributed by atoms with Crippen molar-refractivity contribution < 1.29 is 18.7 Å². The summed E-state index contributed by atoms with van der Waals surface area (Å²) in [6, 6.07) is 6.66. The number of amides is 2. The van der Waals surface area contributed by atoms with Crippen molar-refractivity contribution in [3.05, 3.63) is 29.8 Å². The van der Waals surface area contributed by atoms with Gasteiger partial charge in [-0.05, 0) is 30.5 Å². The first-order valence-corrected chi connectivity index (χ1v) is 8.97. The van der Waals surface area contributed by atoms with Crippen molar-refractivity contribution in [3.8, 4) is 5.75 Å². The third-order valence-electron chi connectivity index (χ3n) is 5.53. The van der Waals surface area contributed by atoms with Crippen molar-refractivity contribution in [2.24, 2.45) is 11.1 Å². The number of alkyl halides is 1. The second-order valence-corrected chi connectivity index (χ2v) is 7.36. The number of hydrogen-bond acceptors (Lipinski definition) is 4. The van der Waals surface area contributed by atoms with E-state index in [1.165, 1.54) is 0 Å². The van der Waals surface area contributed by atoms with Gasteiger partial charge >= 0.3 is 0 Å². The molecule has 2 N–H and O–H groups in total. The van der Waals surface area contributed by atoms with Gasteiger partial charge in [0.15, 0.2) is 0 Å². The fraction of sp³-hybridized carbons (Fsp3) is 0.579. The second kappa shape index (κ2) is 7.61. The van der Waals surface area contributed by atoms with E-state index in [0.717, 1.165) is 24.2 Å². The van der Waals surface area contributed by atoms with Crippen LogP contribution in [0.15, 0.2) is 24.3 Å². The van der Waals surface area contributed by atoms with Crippen molar-refractivity contribution in [2.45, 2.75) is 31.8 Å². The van der Waals surface area contributed by atoms with Crippen LogP contribution in [-0.4, -0.2) is 61.1 Å². The number of rotatable bonds is 5. The van der Waals surface area contributed by atoms with Crippen LogP contribution in [0.2, 0.25) is 0 Å². The predicted molar refractivity (Wildman–Crippen MR) is 95.2 cm³/mol. The molecule has 1 spiro atoms. The van der Waals surface area contributed by atoms with E-state index < -0.39 is 12.7 Å². The van der Waals surface area contributed by atoms with Gasteiger partial charge in [0.05, 0.1) is 7.11 Å². The Labute approximate surface area is 153 Å². The highest BCUT2D eigenvalue weighted by Gasteiger charge is 2.45. The smallest absolute Gasteiger partial charge is 0.242 e. The van der Waals surface area contributed by atoms with Crippen molar-refractivity contribution in [1.82, 2.24) is 9.80 Å². The predicted octanol–water partition coefficient (Wildman–Crippen LogP) is 1.33. The Morgan fingerprint density at radius 2 is 2.12 bits per heavy atom. The largest absolute Gasteiger partial charge is 0.497 e. The summed E-state index contributed by atoms with van der Waals surface area (Å²) in [5.74, 6) is 0.591. The highest BCUT2D eigenvalue weighted by molar-refractivity contribution is 5.82. The zero-order valence-corrected chi connectivity index (χ0v) is 15.1. The SMILES string of the molecule is COc1cccc(CN2CC3(CCN(C(=O)[C@H](N)CF)CC3)CC2=O)c1. The van der Waals surface area contributed by atoms with Gasteiger partial charge in [-0.25, -0.2) is 4.39 Å². The summed E-state index contributed by atoms with van der Waals surface area (Å²) in [7, 11) is 1.62. The molecule has 26 heavy (non-hydrogen) atoms. The van der Waals surface area contributed by atoms with E-state index in [1.54, 1.807) is 12.0 Å². The van der Waals surface area contributed by atoms with E-state index in [2.05, 4.69) is 0 Å². The molecule has 0 saturated carbocycles. The standard InChI is InChI=1S/C19H26FN3O3/c1-26-15-4-2-3-14(9-15)12-23-13-19(10-17(23)24)5-7-22(8-6-19)18(25)16(21)11-20/h2-4,9,16H,5-8,10-13,21H2,1H3/t16-/m1/s1. The zero-order valence-electron chi connectivity index (χ0n) is 15.1. The van der Waals surface area contributed by atoms with E-state index in [9.17, 15) is 14.0 Å². The molecule has 2 aliphatic heterocycles. The van der Waals surface area contributed by atoms with Crippen molar-refractivity contribution in [1.29, 1.82) is 0 Å². The van der Waals surface area contributed by atoms with Gasteiger partial charge in [0.2, 0.25) is 11.8 Å². The van der Waals surface area contributed by atoms with Gasteiger partial charge in [0.1, 0.15) is 18.5 Å². The first-order chi connectivity index (χ1) is 12.5. The molecule has 1 aromatic carbocycles. The number of nitrogens with two attached hydrogens (primary N) is 1. The van der Waals surface area contributed by atoms with Crippen LogP contribution in [0.4, 0.5) is 4.39 Å². The molecule has 1 atom stereocenters. The number of carbonyl (C=O) groups excluding carboxylic acids is 2. The molecule has 0 radical (unpaired) electrons. The number of ether oxygens (including phenoxy) is 1. The molecule has 142 valence electrons. The number of benzene rings is 1. The average Bonchev–Trinajstić information content (AvgIpc) is 2.96. The fourth-order valence-corrected chi connectivity index (χ4v) is 3.95. The summed E-state index contributed by atoms with van der Waals surface area (Å²) in [4.78, 5) is 28.1. The van der Waals surface area contributed by atoms with E-state index in [4.69, 9.17) is 10.5 Å². The Bertz CT molecular complexity index is 674. The lowest BCUT2D eigenvalue weighted by Crippen LogP contribution is -2.50. The van der Waals surface area contributed by atoms with Crippen molar-refractivity contribution >= 4 is 11.8 Å². The molecule has 0 aromatic heterocycles. The van der Waals surface area contributed by atoms with Crippen LogP contribution < -0.4 is 10.5 Å². The van der Waals surface area contributed by atoms with Gasteiger partial charge in [-0.15, -0.1) is 0 Å². The number of likely N-dealkylation sites (tertiary alicyclic amines) is 2. The summed E-state index contributed by atoms with van der Waals surface area (Å²) in [6.07, 6.45) is 2.00. The van der Waals surface area contributed by atoms with Gasteiger partial charge in [-0.3, -0.25) is 9.59 Å². The van der Waals surface area contributed by atoms with Crippen LogP contribution in [0.3, 0.4) is 0 Å². The molecule has 2 heterocycles. The Kier molecular flexibility index (Phi) is 5.46. The lowest BCUT2D eigenvalue weighted by atomic mass is 9.77. The summed E-state index contributed by atoms with van der Waals surface area (Å²) in [5.41, 5.74) is 6.45. The van der Waals surface area contributed by atoms with Crippen LogP contribution >= 0.6 is 0 Å². The summed E-state index contributed by atoms with van der Waals surface area (Å²) in [5, 5.41) is 0. The van der Waals surface area contributed by atoms with Gasteiger partial charge in [-0.1, -0.05) is 12.1 Å². The molecule has 6 nitrogen and oxygen atoms in total. The van der Waals surface area contributed by atoms with Crippen LogP contribution in [0, 0.1) is 5.41 Å². The minimum absolute atomic E-state index is 0.0907. The minimum Gasteiger partial charge on any atom is -0.497 e. The van der Waals surface area contributed by atoms with E-state index in [0.29, 0.717) is 32.6 Å². The highest BCUT2D eigenvalue weighted by Crippen LogP contribution is 2.41. The molecule has 1 aromatic rings. The number of methoxy groups -OCH3 is 1. The maximum absolute atomic E-state index is 12.6. The number of piperidine rings is 1. The second-order valence-electron chi connectivity index (χ2n) is 7.36. The molecular weight excluding hydrogens is 337 g/mol. The Balaban J connectivity index is 1.60. The van der Waals surface area contributed by atoms with E-state index in [1.807, 2.05) is 29.2 Å². The normalized spacial score (nSPS) is 20.5. The fourth-order valence-electron chi connectivity index (χ4n) is 3.95. The van der Waals surface area contributed by atoms with Gasteiger partial charge in [0.25, 0.3) is 0 Å². The molecule has 2 aliphatic rings. The average molecular weight is 363 g/mol. The molecule has 7 heteroatoms. The molecule has 2 amide bonds. The third-order valence-corrected chi connectivity index (χ3v) is 5.53. The summed E-state index contributed by atoms with van der Waals surface area (Å²) in [6.45, 7) is 1.49. The Morgan fingerprint density at radius 3 is 2.77 bits per heavy atom. The van der Waals surface area contributed by atoms with E-state index >= 15 is 0 Å². The minimum atomic E-state index is -1.07. The molecule has 2 fully saturated rings. The van der Waals surface area contributed by atoms with Crippen LogP contribution in [0.5, 0.6) is 5.75 Å². The van der Waals surface area contributed by atoms with Crippen LogP contribution in [0.1, 0.15) is 24.8 Å². The van der Waals surface area contributed by atoms with Crippen LogP contribution in [0.25, 0.3) is 0 Å². The Morgan fingerprint density at radius 1 is 1.38 bits per heavy atom. The monoisotopic (exact) mass is 363 g/mol. The molecular formula is C19H26FN3O3. The summed E-state index contributed by atoms with van der Waals surface area (Å²) < 4.78 is 17.9. The van der Waals surface area contributed by atoms with Gasteiger partial charge in [0, 0.05) is 38.0 Å². The quantitative estimate of drug-likeness (QED) is 0.856. The maximum atomic E-state index is 12.6. The topological polar surface area (TPSA) is 75.9 Å². The third kappa shape index (κ3) is 3.82. The van der Waals surface area contributed by atoms with Crippen molar-refractivity contribution in [3.63, 3.8) is 0 Å². The van der Waals surface area contributed by atoms with Crippen molar-refractivity contribution in [2.75, 3.05) is 33.4 Å². The number of carbonyl (C=O) groups is 2. The Hall–Kier alpha value is -2.15. The summed E-state index contributed by atoms with van der Waals surface area (Å²) >= 11 is 0. The highest BCUT2D eigenvalue weighted by atomic mass is 19.1. The maximum Gasteiger partial charge on any atom is 0.242 e. The van der Waals surface area contributed by atoms with Gasteiger partial charge < -0.3 is 20.3 Å². The molecule has 0 unspecified atom stereocenters. The first-order valence-electron chi connectivity index (χ1n) is 8.97. The lowest BCUT2D eigenvalue weighted by molar-refractivity contribution is -0.135. The zero-order chi connectivity index (χ0) is 18.7. The van der Waals surface area contributed by atoms with Gasteiger partial charge in [-0.2, -0.15) is 0 Å². The number of hydrogen-bond donors (Lipinski definition) is 1. The molecule has 0 bridgehead atoms. The molecule has 0 aliphatic carbocycles. The van der Waals surface area contributed by atoms with Crippen LogP contribution in [-0.2, 0) is 16.1 Å². The van der Waals surface area contributed by atoms with E-state index in [-0.39, 0.29) is 17.2 Å². The molecule has 3 rings (SSSR count). The lowest BCUT2D eigenvalue weighted by Gasteiger charge is -2.39. The number of nitrogens with zero attached hydrogens (tertiary/aromatic N) is 2. The first kappa shape index (κ1) is 18.6. The molecule has 2 saturated heterocycles. The number of halogens is 1.